The van der Waals surface area contributed by atoms with E-state index in [2.05, 4.69) is 20.5 Å². The Bertz CT molecular complexity index is 1120. The largest absolute Gasteiger partial charge is 0.337 e. The molecule has 2 N–H and O–H groups in total. The van der Waals surface area contributed by atoms with Gasteiger partial charge in [-0.05, 0) is 74.6 Å². The number of rotatable bonds is 7. The molecule has 2 heterocycles. The predicted molar refractivity (Wildman–Crippen MR) is 125 cm³/mol. The molecule has 0 saturated carbocycles. The van der Waals surface area contributed by atoms with Crippen LogP contribution in [0.2, 0.25) is 5.02 Å². The van der Waals surface area contributed by atoms with Crippen molar-refractivity contribution in [2.24, 2.45) is 0 Å². The number of amides is 1. The van der Waals surface area contributed by atoms with Gasteiger partial charge >= 0.3 is 0 Å². The highest BCUT2D eigenvalue weighted by Crippen LogP contribution is 2.31. The standard InChI is InChI=1S/C24H25ClF2N4O/c25-22-19(26)8-9-20(23(22)27)30-24-18-15-17(7-6-16(18)10-11-28-24)29-21(32)5-4-14-31-12-2-1-3-13-31/h6-11,15H,1-5,12-14H2,(H,28,30)(H,29,32). The number of benzene rings is 2. The Hall–Kier alpha value is -2.77. The van der Waals surface area contributed by atoms with Gasteiger partial charge in [0.1, 0.15) is 16.7 Å². The van der Waals surface area contributed by atoms with Crippen molar-refractivity contribution in [1.82, 2.24) is 9.88 Å². The number of carbonyl (C=O) groups is 1. The lowest BCUT2D eigenvalue weighted by Crippen LogP contribution is -2.31. The van der Waals surface area contributed by atoms with Gasteiger partial charge in [-0.1, -0.05) is 24.1 Å². The summed E-state index contributed by atoms with van der Waals surface area (Å²) >= 11 is 5.68. The minimum absolute atomic E-state index is 0.0172. The second-order valence-corrected chi connectivity index (χ2v) is 8.38. The molecule has 0 spiro atoms. The molecule has 1 aliphatic rings. The number of nitrogens with zero attached hydrogens (tertiary/aromatic N) is 2. The van der Waals surface area contributed by atoms with Crippen molar-refractivity contribution in [3.63, 3.8) is 0 Å². The van der Waals surface area contributed by atoms with Crippen LogP contribution in [0.4, 0.5) is 26.0 Å². The summed E-state index contributed by atoms with van der Waals surface area (Å²) in [5.74, 6) is -1.38. The number of fused-ring (bicyclic) bond motifs is 1. The van der Waals surface area contributed by atoms with E-state index in [9.17, 15) is 13.6 Å². The third kappa shape index (κ3) is 5.34. The summed E-state index contributed by atoms with van der Waals surface area (Å²) in [4.78, 5) is 19.1. The van der Waals surface area contributed by atoms with Crippen LogP contribution in [0.25, 0.3) is 10.8 Å². The number of likely N-dealkylation sites (tertiary alicyclic amines) is 1. The Morgan fingerprint density at radius 2 is 1.91 bits per heavy atom. The molecule has 5 nitrogen and oxygen atoms in total. The van der Waals surface area contributed by atoms with Crippen LogP contribution in [0, 0.1) is 11.6 Å². The van der Waals surface area contributed by atoms with E-state index in [0.29, 0.717) is 23.3 Å². The second-order valence-electron chi connectivity index (χ2n) is 8.00. The van der Waals surface area contributed by atoms with Crippen LogP contribution >= 0.6 is 11.6 Å². The van der Waals surface area contributed by atoms with Crippen molar-refractivity contribution in [3.8, 4) is 0 Å². The topological polar surface area (TPSA) is 57.3 Å². The maximum atomic E-state index is 14.3. The number of hydrogen-bond donors (Lipinski definition) is 2. The highest BCUT2D eigenvalue weighted by molar-refractivity contribution is 6.31. The highest BCUT2D eigenvalue weighted by atomic mass is 35.5. The quantitative estimate of drug-likeness (QED) is 0.419. The number of hydrogen-bond acceptors (Lipinski definition) is 4. The van der Waals surface area contributed by atoms with E-state index < -0.39 is 16.7 Å². The summed E-state index contributed by atoms with van der Waals surface area (Å²) in [5.41, 5.74) is 0.651. The summed E-state index contributed by atoms with van der Waals surface area (Å²) < 4.78 is 27.8. The second kappa shape index (κ2) is 10.2. The highest BCUT2D eigenvalue weighted by Gasteiger charge is 2.14. The van der Waals surface area contributed by atoms with Crippen LogP contribution in [-0.2, 0) is 4.79 Å². The lowest BCUT2D eigenvalue weighted by molar-refractivity contribution is -0.116. The van der Waals surface area contributed by atoms with Gasteiger partial charge in [-0.3, -0.25) is 4.79 Å². The molecule has 32 heavy (non-hydrogen) atoms. The first-order valence-corrected chi connectivity index (χ1v) is 11.2. The first kappa shape index (κ1) is 22.4. The van der Waals surface area contributed by atoms with Crippen LogP contribution < -0.4 is 10.6 Å². The SMILES string of the molecule is O=C(CCCN1CCCCC1)Nc1ccc2ccnc(Nc3ccc(F)c(Cl)c3F)c2c1. The number of nitrogens with one attached hydrogen (secondary N) is 2. The van der Waals surface area contributed by atoms with Crippen LogP contribution in [0.1, 0.15) is 32.1 Å². The molecule has 0 radical (unpaired) electrons. The van der Waals surface area contributed by atoms with Crippen LogP contribution in [0.5, 0.6) is 0 Å². The normalized spacial score (nSPS) is 14.5. The van der Waals surface area contributed by atoms with E-state index in [1.54, 1.807) is 12.3 Å². The number of pyridine rings is 1. The third-order valence-corrected chi connectivity index (χ3v) is 6.01. The average Bonchev–Trinajstić information content (AvgIpc) is 2.80. The zero-order chi connectivity index (χ0) is 22.5. The summed E-state index contributed by atoms with van der Waals surface area (Å²) in [7, 11) is 0. The van der Waals surface area contributed by atoms with E-state index >= 15 is 0 Å². The van der Waals surface area contributed by atoms with Gasteiger partial charge < -0.3 is 15.5 Å². The van der Waals surface area contributed by atoms with Gasteiger partial charge in [0.25, 0.3) is 0 Å². The van der Waals surface area contributed by atoms with E-state index in [4.69, 9.17) is 11.6 Å². The maximum absolute atomic E-state index is 14.3. The fraction of sp³-hybridized carbons (Fsp3) is 0.333. The van der Waals surface area contributed by atoms with Crippen LogP contribution in [0.15, 0.2) is 42.6 Å². The lowest BCUT2D eigenvalue weighted by atomic mass is 10.1. The Morgan fingerprint density at radius 3 is 2.72 bits per heavy atom. The number of aromatic nitrogens is 1. The van der Waals surface area contributed by atoms with Gasteiger partial charge in [-0.2, -0.15) is 0 Å². The minimum atomic E-state index is -0.886. The van der Waals surface area contributed by atoms with E-state index in [-0.39, 0.29) is 11.6 Å². The van der Waals surface area contributed by atoms with Crippen molar-refractivity contribution in [1.29, 1.82) is 0 Å². The first-order valence-electron chi connectivity index (χ1n) is 10.8. The summed E-state index contributed by atoms with van der Waals surface area (Å²) in [5, 5.41) is 6.79. The molecule has 1 fully saturated rings. The minimum Gasteiger partial charge on any atom is -0.337 e. The zero-order valence-electron chi connectivity index (χ0n) is 17.6. The predicted octanol–water partition coefficient (Wildman–Crippen LogP) is 6.11. The molecule has 3 aromatic rings. The number of piperidine rings is 1. The van der Waals surface area contributed by atoms with Crippen molar-refractivity contribution in [2.45, 2.75) is 32.1 Å². The Morgan fingerprint density at radius 1 is 1.09 bits per heavy atom. The molecule has 0 aliphatic carbocycles. The fourth-order valence-electron chi connectivity index (χ4n) is 3.97. The van der Waals surface area contributed by atoms with Crippen molar-refractivity contribution in [3.05, 3.63) is 59.3 Å². The molecular weight excluding hydrogens is 434 g/mol. The molecule has 1 aromatic heterocycles. The Balaban J connectivity index is 1.45. The molecule has 1 amide bonds. The van der Waals surface area contributed by atoms with Gasteiger partial charge in [-0.25, -0.2) is 13.8 Å². The zero-order valence-corrected chi connectivity index (χ0v) is 18.4. The van der Waals surface area contributed by atoms with Crippen molar-refractivity contribution >= 4 is 45.5 Å². The van der Waals surface area contributed by atoms with Gasteiger partial charge in [0.15, 0.2) is 5.82 Å². The summed E-state index contributed by atoms with van der Waals surface area (Å²) in [6.07, 6.45) is 6.63. The van der Waals surface area contributed by atoms with E-state index in [1.807, 2.05) is 18.2 Å². The molecule has 2 aromatic carbocycles. The molecule has 8 heteroatoms. The van der Waals surface area contributed by atoms with Crippen molar-refractivity contribution < 1.29 is 13.6 Å². The van der Waals surface area contributed by atoms with Crippen LogP contribution in [0.3, 0.4) is 0 Å². The van der Waals surface area contributed by atoms with Gasteiger partial charge in [-0.15, -0.1) is 0 Å². The molecule has 0 bridgehead atoms. The van der Waals surface area contributed by atoms with E-state index in [0.717, 1.165) is 37.5 Å². The van der Waals surface area contributed by atoms with E-state index in [1.165, 1.54) is 25.3 Å². The average molecular weight is 459 g/mol. The monoisotopic (exact) mass is 458 g/mol. The smallest absolute Gasteiger partial charge is 0.224 e. The maximum Gasteiger partial charge on any atom is 0.224 e. The first-order chi connectivity index (χ1) is 15.5. The molecule has 0 atom stereocenters. The molecule has 4 rings (SSSR count). The third-order valence-electron chi connectivity index (χ3n) is 5.67. The molecule has 1 saturated heterocycles. The number of carbonyl (C=O) groups excluding carboxylic acids is 1. The number of halogens is 3. The Kier molecular flexibility index (Phi) is 7.17. The summed E-state index contributed by atoms with van der Waals surface area (Å²) in [6, 6.07) is 9.65. The van der Waals surface area contributed by atoms with Gasteiger partial charge in [0.05, 0.1) is 5.69 Å². The lowest BCUT2D eigenvalue weighted by Gasteiger charge is -2.26. The Labute approximate surface area is 190 Å². The molecule has 0 unspecified atom stereocenters. The molecule has 168 valence electrons. The number of anilines is 3. The van der Waals surface area contributed by atoms with Crippen LogP contribution in [-0.4, -0.2) is 35.4 Å². The van der Waals surface area contributed by atoms with Gasteiger partial charge in [0, 0.05) is 23.7 Å². The van der Waals surface area contributed by atoms with Crippen molar-refractivity contribution in [2.75, 3.05) is 30.3 Å². The molecule has 1 aliphatic heterocycles. The fourth-order valence-corrected chi connectivity index (χ4v) is 4.13. The summed E-state index contributed by atoms with van der Waals surface area (Å²) in [6.45, 7) is 3.18. The molecular formula is C24H25ClF2N4O. The van der Waals surface area contributed by atoms with Gasteiger partial charge in [0.2, 0.25) is 5.91 Å².